The second-order valence-electron chi connectivity index (χ2n) is 4.72. The number of aromatic nitrogens is 2. The molecule has 0 aliphatic rings. The van der Waals surface area contributed by atoms with Crippen molar-refractivity contribution in [3.05, 3.63) is 22.5 Å². The van der Waals surface area contributed by atoms with Crippen molar-refractivity contribution in [2.75, 3.05) is 20.2 Å². The molecule has 0 aliphatic heterocycles. The van der Waals surface area contributed by atoms with E-state index in [4.69, 9.17) is 4.74 Å². The Hall–Kier alpha value is -1.36. The summed E-state index contributed by atoms with van der Waals surface area (Å²) < 4.78 is 6.41. The number of nitrogens with one attached hydrogen (secondary N) is 1. The third-order valence-electron chi connectivity index (χ3n) is 2.69. The van der Waals surface area contributed by atoms with Crippen molar-refractivity contribution in [2.24, 2.45) is 5.92 Å². The first-order valence-corrected chi connectivity index (χ1v) is 6.46. The average Bonchev–Trinajstić information content (AvgIpc) is 2.35. The Kier molecular flexibility index (Phi) is 6.43. The van der Waals surface area contributed by atoms with Crippen LogP contribution < -0.4 is 15.6 Å². The van der Waals surface area contributed by atoms with Gasteiger partial charge in [-0.05, 0) is 25.3 Å². The van der Waals surface area contributed by atoms with Gasteiger partial charge in [-0.2, -0.15) is 0 Å². The van der Waals surface area contributed by atoms with Crippen LogP contribution in [0.1, 0.15) is 26.7 Å². The van der Waals surface area contributed by atoms with Crippen LogP contribution in [0.15, 0.2) is 16.9 Å². The van der Waals surface area contributed by atoms with Gasteiger partial charge in [-0.25, -0.2) is 4.68 Å². The minimum Gasteiger partial charge on any atom is -0.480 e. The van der Waals surface area contributed by atoms with E-state index in [1.165, 1.54) is 17.2 Å². The minimum absolute atomic E-state index is 0.0974. The summed E-state index contributed by atoms with van der Waals surface area (Å²) >= 11 is 0. The lowest BCUT2D eigenvalue weighted by atomic mass is 10.1. The highest BCUT2D eigenvalue weighted by atomic mass is 16.5. The van der Waals surface area contributed by atoms with Crippen molar-refractivity contribution in [3.63, 3.8) is 0 Å². The molecule has 1 heterocycles. The highest BCUT2D eigenvalue weighted by Crippen LogP contribution is 2.01. The van der Waals surface area contributed by atoms with E-state index in [1.54, 1.807) is 13.2 Å². The number of ether oxygens (including phenoxy) is 1. The monoisotopic (exact) mass is 253 g/mol. The van der Waals surface area contributed by atoms with Crippen molar-refractivity contribution in [2.45, 2.75) is 33.2 Å². The van der Waals surface area contributed by atoms with Gasteiger partial charge in [-0.3, -0.25) is 4.79 Å². The fourth-order valence-corrected chi connectivity index (χ4v) is 1.64. The number of hydrogen-bond donors (Lipinski definition) is 1. The normalized spacial score (nSPS) is 10.9. The second-order valence-corrected chi connectivity index (χ2v) is 4.72. The van der Waals surface area contributed by atoms with Crippen LogP contribution in [0.4, 0.5) is 0 Å². The first-order valence-electron chi connectivity index (χ1n) is 6.46. The molecule has 0 saturated carbocycles. The number of nitrogens with zero attached hydrogens (tertiary/aromatic N) is 2. The van der Waals surface area contributed by atoms with Gasteiger partial charge in [0, 0.05) is 18.7 Å². The van der Waals surface area contributed by atoms with Crippen LogP contribution in [0.3, 0.4) is 0 Å². The van der Waals surface area contributed by atoms with E-state index in [9.17, 15) is 4.79 Å². The standard InChI is InChI=1S/C13H23N3O2/c1-11(2)5-4-8-14-9-10-16-13(17)7-6-12(15-16)18-3/h6-7,11,14H,4-5,8-10H2,1-3H3. The second kappa shape index (κ2) is 7.87. The average molecular weight is 253 g/mol. The zero-order valence-electron chi connectivity index (χ0n) is 11.5. The molecule has 102 valence electrons. The van der Waals surface area contributed by atoms with Crippen molar-refractivity contribution < 1.29 is 4.74 Å². The van der Waals surface area contributed by atoms with Gasteiger partial charge in [0.05, 0.1) is 13.7 Å². The molecule has 0 aliphatic carbocycles. The number of hydrogen-bond acceptors (Lipinski definition) is 4. The van der Waals surface area contributed by atoms with Gasteiger partial charge >= 0.3 is 0 Å². The molecule has 1 rings (SSSR count). The molecule has 0 amide bonds. The molecule has 1 aromatic rings. The molecule has 0 aromatic carbocycles. The van der Waals surface area contributed by atoms with Crippen LogP contribution in [0, 0.1) is 5.92 Å². The van der Waals surface area contributed by atoms with Gasteiger partial charge in [0.25, 0.3) is 5.56 Å². The molecule has 5 nitrogen and oxygen atoms in total. The van der Waals surface area contributed by atoms with Gasteiger partial charge in [0.2, 0.25) is 5.88 Å². The zero-order valence-corrected chi connectivity index (χ0v) is 11.5. The van der Waals surface area contributed by atoms with Crippen molar-refractivity contribution in [1.82, 2.24) is 15.1 Å². The molecule has 0 atom stereocenters. The Bertz CT molecular complexity index is 401. The van der Waals surface area contributed by atoms with Crippen LogP contribution in [0.5, 0.6) is 5.88 Å². The SMILES string of the molecule is COc1ccc(=O)n(CCNCCCC(C)C)n1. The summed E-state index contributed by atoms with van der Waals surface area (Å²) in [6.07, 6.45) is 2.39. The van der Waals surface area contributed by atoms with E-state index in [2.05, 4.69) is 24.3 Å². The quantitative estimate of drug-likeness (QED) is 0.709. The molecule has 0 spiro atoms. The molecule has 0 unspecified atom stereocenters. The summed E-state index contributed by atoms with van der Waals surface area (Å²) in [5.74, 6) is 1.21. The van der Waals surface area contributed by atoms with Crippen LogP contribution >= 0.6 is 0 Å². The predicted octanol–water partition coefficient (Wildman–Crippen LogP) is 1.28. The molecule has 5 heteroatoms. The van der Waals surface area contributed by atoms with Gasteiger partial charge in [-0.1, -0.05) is 13.8 Å². The van der Waals surface area contributed by atoms with Gasteiger partial charge in [-0.15, -0.1) is 5.10 Å². The molecule has 0 saturated heterocycles. The summed E-state index contributed by atoms with van der Waals surface area (Å²) in [5, 5.41) is 7.39. The predicted molar refractivity (Wildman–Crippen MR) is 72.0 cm³/mol. The number of methoxy groups -OCH3 is 1. The van der Waals surface area contributed by atoms with Crippen LogP contribution in [0.25, 0.3) is 0 Å². The molecular weight excluding hydrogens is 230 g/mol. The smallest absolute Gasteiger partial charge is 0.267 e. The number of rotatable bonds is 8. The van der Waals surface area contributed by atoms with Crippen LogP contribution in [-0.2, 0) is 6.54 Å². The maximum absolute atomic E-state index is 11.5. The maximum Gasteiger partial charge on any atom is 0.267 e. The van der Waals surface area contributed by atoms with Crippen LogP contribution in [-0.4, -0.2) is 30.0 Å². The van der Waals surface area contributed by atoms with E-state index in [1.807, 2.05) is 0 Å². The lowest BCUT2D eigenvalue weighted by Crippen LogP contribution is -2.29. The Morgan fingerprint density at radius 1 is 1.39 bits per heavy atom. The van der Waals surface area contributed by atoms with Crippen molar-refractivity contribution in [1.29, 1.82) is 0 Å². The largest absolute Gasteiger partial charge is 0.480 e. The summed E-state index contributed by atoms with van der Waals surface area (Å²) in [7, 11) is 1.54. The van der Waals surface area contributed by atoms with E-state index in [0.29, 0.717) is 12.4 Å². The highest BCUT2D eigenvalue weighted by Gasteiger charge is 2.00. The van der Waals surface area contributed by atoms with E-state index >= 15 is 0 Å². The summed E-state index contributed by atoms with van der Waals surface area (Å²) in [4.78, 5) is 11.5. The van der Waals surface area contributed by atoms with E-state index in [-0.39, 0.29) is 5.56 Å². The van der Waals surface area contributed by atoms with E-state index in [0.717, 1.165) is 25.4 Å². The third kappa shape index (κ3) is 5.31. The molecule has 0 radical (unpaired) electrons. The van der Waals surface area contributed by atoms with Gasteiger partial charge < -0.3 is 10.1 Å². The highest BCUT2D eigenvalue weighted by molar-refractivity contribution is 5.05. The zero-order chi connectivity index (χ0) is 13.4. The summed E-state index contributed by atoms with van der Waals surface area (Å²) in [6.45, 7) is 6.74. The molecular formula is C13H23N3O2. The minimum atomic E-state index is -0.0974. The molecule has 0 fully saturated rings. The summed E-state index contributed by atoms with van der Waals surface area (Å²) in [5.41, 5.74) is -0.0974. The lowest BCUT2D eigenvalue weighted by molar-refractivity contribution is 0.373. The molecule has 0 bridgehead atoms. The Labute approximate surface area is 108 Å². The van der Waals surface area contributed by atoms with Crippen molar-refractivity contribution in [3.8, 4) is 5.88 Å². The van der Waals surface area contributed by atoms with Gasteiger partial charge in [0.15, 0.2) is 0 Å². The fourth-order valence-electron chi connectivity index (χ4n) is 1.64. The van der Waals surface area contributed by atoms with Crippen molar-refractivity contribution >= 4 is 0 Å². The van der Waals surface area contributed by atoms with Gasteiger partial charge in [0.1, 0.15) is 0 Å². The summed E-state index contributed by atoms with van der Waals surface area (Å²) in [6, 6.07) is 3.06. The topological polar surface area (TPSA) is 56.1 Å². The first kappa shape index (κ1) is 14.7. The molecule has 18 heavy (non-hydrogen) atoms. The maximum atomic E-state index is 11.5. The third-order valence-corrected chi connectivity index (χ3v) is 2.69. The Balaban J connectivity index is 2.28. The Morgan fingerprint density at radius 3 is 2.83 bits per heavy atom. The lowest BCUT2D eigenvalue weighted by Gasteiger charge is -2.08. The molecule has 1 aromatic heterocycles. The first-order chi connectivity index (χ1) is 8.63. The van der Waals surface area contributed by atoms with Crippen LogP contribution in [0.2, 0.25) is 0 Å². The Morgan fingerprint density at radius 2 is 2.17 bits per heavy atom. The van der Waals surface area contributed by atoms with E-state index < -0.39 is 0 Å². The molecule has 1 N–H and O–H groups in total. The fraction of sp³-hybridized carbons (Fsp3) is 0.692.